The molecule has 3 N–H and O–H groups in total. The second-order valence-electron chi connectivity index (χ2n) is 4.88. The minimum absolute atomic E-state index is 0.00981. The zero-order chi connectivity index (χ0) is 16.7. The number of aliphatic hydroxyl groups is 1. The molecule has 0 bridgehead atoms. The van der Waals surface area contributed by atoms with E-state index in [4.69, 9.17) is 5.26 Å². The van der Waals surface area contributed by atoms with Crippen molar-refractivity contribution in [2.45, 2.75) is 6.10 Å². The van der Waals surface area contributed by atoms with E-state index in [2.05, 4.69) is 10.6 Å². The molecule has 118 valence electrons. The molecule has 1 atom stereocenters. The van der Waals surface area contributed by atoms with E-state index < -0.39 is 11.9 Å². The van der Waals surface area contributed by atoms with Crippen molar-refractivity contribution in [1.29, 1.82) is 5.26 Å². The Morgan fingerprint density at radius 1 is 1.22 bits per heavy atom. The zero-order valence-electron chi connectivity index (χ0n) is 12.3. The van der Waals surface area contributed by atoms with Crippen LogP contribution in [0.1, 0.15) is 17.2 Å². The summed E-state index contributed by atoms with van der Waals surface area (Å²) in [6.45, 7) is -0.0648. The van der Waals surface area contributed by atoms with E-state index in [9.17, 15) is 14.3 Å². The van der Waals surface area contributed by atoms with Gasteiger partial charge in [0, 0.05) is 17.8 Å². The number of carbonyl (C=O) groups excluding carboxylic acids is 1. The molecule has 0 saturated carbocycles. The van der Waals surface area contributed by atoms with Crippen molar-refractivity contribution in [3.63, 3.8) is 0 Å². The number of anilines is 1. The van der Waals surface area contributed by atoms with Crippen molar-refractivity contribution < 1.29 is 14.3 Å². The van der Waals surface area contributed by atoms with Crippen LogP contribution in [0.2, 0.25) is 0 Å². The lowest BCUT2D eigenvalue weighted by Crippen LogP contribution is -2.33. The summed E-state index contributed by atoms with van der Waals surface area (Å²) in [6, 6.07) is 14.6. The smallest absolute Gasteiger partial charge is 0.239 e. The monoisotopic (exact) mass is 313 g/mol. The fourth-order valence-corrected chi connectivity index (χ4v) is 1.97. The lowest BCUT2D eigenvalue weighted by molar-refractivity contribution is -0.119. The first-order valence-electron chi connectivity index (χ1n) is 7.03. The van der Waals surface area contributed by atoms with Gasteiger partial charge in [0.2, 0.25) is 5.91 Å². The van der Waals surface area contributed by atoms with Gasteiger partial charge in [0.15, 0.2) is 0 Å². The SMILES string of the molecule is N#Cc1ccc(NCC(=O)NCC(O)c2ccccc2F)cc1. The van der Waals surface area contributed by atoms with Crippen molar-refractivity contribution in [3.8, 4) is 6.07 Å². The molecular formula is C17H16FN3O2. The molecule has 1 unspecified atom stereocenters. The normalized spacial score (nSPS) is 11.3. The van der Waals surface area contributed by atoms with Crippen molar-refractivity contribution in [3.05, 3.63) is 65.5 Å². The van der Waals surface area contributed by atoms with Crippen molar-refractivity contribution >= 4 is 11.6 Å². The van der Waals surface area contributed by atoms with E-state index in [1.807, 2.05) is 6.07 Å². The lowest BCUT2D eigenvalue weighted by atomic mass is 10.1. The third kappa shape index (κ3) is 4.80. The molecule has 0 aliphatic carbocycles. The Bertz CT molecular complexity index is 711. The molecule has 5 nitrogen and oxygen atoms in total. The molecule has 0 saturated heterocycles. The van der Waals surface area contributed by atoms with E-state index in [0.717, 1.165) is 0 Å². The number of benzene rings is 2. The molecule has 0 heterocycles. The molecule has 0 aliphatic rings. The quantitative estimate of drug-likeness (QED) is 0.761. The van der Waals surface area contributed by atoms with E-state index in [1.165, 1.54) is 18.2 Å². The topological polar surface area (TPSA) is 85.2 Å². The minimum atomic E-state index is -1.10. The van der Waals surface area contributed by atoms with Gasteiger partial charge in [-0.2, -0.15) is 5.26 Å². The predicted octanol–water partition coefficient (Wildman–Crippen LogP) is 1.96. The molecule has 1 amide bonds. The summed E-state index contributed by atoms with van der Waals surface area (Å²) in [7, 11) is 0. The Kier molecular flexibility index (Phi) is 5.67. The molecule has 6 heteroatoms. The van der Waals surface area contributed by atoms with Gasteiger partial charge in [0.1, 0.15) is 5.82 Å². The summed E-state index contributed by atoms with van der Waals surface area (Å²) in [6.07, 6.45) is -1.10. The zero-order valence-corrected chi connectivity index (χ0v) is 12.3. The first kappa shape index (κ1) is 16.5. The standard InChI is InChI=1S/C17H16FN3O2/c18-15-4-2-1-3-14(15)16(22)10-21-17(23)11-20-13-7-5-12(9-19)6-8-13/h1-8,16,20,22H,10-11H2,(H,21,23). The molecule has 2 aromatic carbocycles. The number of halogens is 1. The molecule has 0 fully saturated rings. The van der Waals surface area contributed by atoms with Gasteiger partial charge in [-0.3, -0.25) is 4.79 Å². The van der Waals surface area contributed by atoms with E-state index in [1.54, 1.807) is 30.3 Å². The van der Waals surface area contributed by atoms with Gasteiger partial charge >= 0.3 is 0 Å². The number of rotatable bonds is 6. The van der Waals surface area contributed by atoms with Gasteiger partial charge in [-0.25, -0.2) is 4.39 Å². The summed E-state index contributed by atoms with van der Waals surface area (Å²) in [5.41, 5.74) is 1.38. The Morgan fingerprint density at radius 3 is 2.57 bits per heavy atom. The van der Waals surface area contributed by atoms with Crippen LogP contribution in [0.5, 0.6) is 0 Å². The van der Waals surface area contributed by atoms with Gasteiger partial charge in [-0.05, 0) is 30.3 Å². The van der Waals surface area contributed by atoms with Crippen molar-refractivity contribution in [1.82, 2.24) is 5.32 Å². The maximum atomic E-state index is 13.5. The van der Waals surface area contributed by atoms with Crippen molar-refractivity contribution in [2.75, 3.05) is 18.4 Å². The Labute approximate surface area is 133 Å². The molecule has 0 aliphatic heterocycles. The fourth-order valence-electron chi connectivity index (χ4n) is 1.97. The van der Waals surface area contributed by atoms with Crippen molar-refractivity contribution in [2.24, 2.45) is 0 Å². The van der Waals surface area contributed by atoms with Gasteiger partial charge in [-0.1, -0.05) is 18.2 Å². The molecule has 2 aromatic rings. The number of carbonyl (C=O) groups is 1. The average Bonchev–Trinajstić information content (AvgIpc) is 2.58. The second-order valence-corrected chi connectivity index (χ2v) is 4.88. The number of amides is 1. The fraction of sp³-hybridized carbons (Fsp3) is 0.176. The van der Waals surface area contributed by atoms with Gasteiger partial charge in [0.05, 0.1) is 24.3 Å². The first-order valence-corrected chi connectivity index (χ1v) is 7.03. The number of aliphatic hydroxyl groups excluding tert-OH is 1. The molecule has 0 spiro atoms. The first-order chi connectivity index (χ1) is 11.1. The Balaban J connectivity index is 1.78. The van der Waals surface area contributed by atoms with Crippen LogP contribution in [0.3, 0.4) is 0 Å². The highest BCUT2D eigenvalue weighted by Gasteiger charge is 2.13. The highest BCUT2D eigenvalue weighted by atomic mass is 19.1. The predicted molar refractivity (Wildman–Crippen MR) is 84.0 cm³/mol. The summed E-state index contributed by atoms with van der Waals surface area (Å²) in [4.78, 5) is 11.7. The summed E-state index contributed by atoms with van der Waals surface area (Å²) in [5, 5.41) is 24.0. The Hall–Kier alpha value is -2.91. The Morgan fingerprint density at radius 2 is 1.91 bits per heavy atom. The highest BCUT2D eigenvalue weighted by Crippen LogP contribution is 2.15. The maximum absolute atomic E-state index is 13.5. The average molecular weight is 313 g/mol. The van der Waals surface area contributed by atoms with Crippen LogP contribution in [-0.2, 0) is 4.79 Å². The molecule has 0 aromatic heterocycles. The third-order valence-electron chi connectivity index (χ3n) is 3.22. The molecule has 0 radical (unpaired) electrons. The van der Waals surface area contributed by atoms with Crippen LogP contribution in [-0.4, -0.2) is 24.1 Å². The lowest BCUT2D eigenvalue weighted by Gasteiger charge is -2.13. The van der Waals surface area contributed by atoms with Gasteiger partial charge in [-0.15, -0.1) is 0 Å². The van der Waals surface area contributed by atoms with Crippen LogP contribution in [0, 0.1) is 17.1 Å². The summed E-state index contributed by atoms with van der Waals surface area (Å²) < 4.78 is 13.5. The summed E-state index contributed by atoms with van der Waals surface area (Å²) in [5.74, 6) is -0.838. The van der Waals surface area contributed by atoms with Crippen LogP contribution < -0.4 is 10.6 Å². The number of nitriles is 1. The maximum Gasteiger partial charge on any atom is 0.239 e. The molecular weight excluding hydrogens is 297 g/mol. The number of nitrogens with zero attached hydrogens (tertiary/aromatic N) is 1. The van der Waals surface area contributed by atoms with E-state index >= 15 is 0 Å². The largest absolute Gasteiger partial charge is 0.386 e. The van der Waals surface area contributed by atoms with Gasteiger partial charge < -0.3 is 15.7 Å². The third-order valence-corrected chi connectivity index (χ3v) is 3.22. The van der Waals surface area contributed by atoms with Crippen LogP contribution in [0.25, 0.3) is 0 Å². The van der Waals surface area contributed by atoms with Crippen LogP contribution >= 0.6 is 0 Å². The van der Waals surface area contributed by atoms with E-state index in [-0.39, 0.29) is 24.6 Å². The number of hydrogen-bond donors (Lipinski definition) is 3. The van der Waals surface area contributed by atoms with E-state index in [0.29, 0.717) is 11.3 Å². The molecule has 2 rings (SSSR count). The highest BCUT2D eigenvalue weighted by molar-refractivity contribution is 5.80. The minimum Gasteiger partial charge on any atom is -0.386 e. The van der Waals surface area contributed by atoms with Crippen LogP contribution in [0.4, 0.5) is 10.1 Å². The molecule has 23 heavy (non-hydrogen) atoms. The number of nitrogens with one attached hydrogen (secondary N) is 2. The number of hydrogen-bond acceptors (Lipinski definition) is 4. The van der Waals surface area contributed by atoms with Crippen LogP contribution in [0.15, 0.2) is 48.5 Å². The van der Waals surface area contributed by atoms with Gasteiger partial charge in [0.25, 0.3) is 0 Å². The second kappa shape index (κ2) is 7.92. The summed E-state index contributed by atoms with van der Waals surface area (Å²) >= 11 is 0.